The third-order valence-electron chi connectivity index (χ3n) is 3.51. The molecule has 2 nitrogen and oxygen atoms in total. The van der Waals surface area contributed by atoms with E-state index in [-0.39, 0.29) is 0 Å². The fourth-order valence-corrected chi connectivity index (χ4v) is 3.14. The van der Waals surface area contributed by atoms with Gasteiger partial charge in [0.15, 0.2) is 0 Å². The molecular formula is C18H25NOS. The largest absolute Gasteiger partial charge is 0.494 e. The topological polar surface area (TPSA) is 21.3 Å². The van der Waals surface area contributed by atoms with Crippen molar-refractivity contribution in [2.24, 2.45) is 0 Å². The van der Waals surface area contributed by atoms with Gasteiger partial charge in [-0.15, -0.1) is 0 Å². The van der Waals surface area contributed by atoms with Crippen LogP contribution in [-0.2, 0) is 6.42 Å². The molecule has 0 spiro atoms. The number of ether oxygens (including phenoxy) is 1. The van der Waals surface area contributed by atoms with Crippen molar-refractivity contribution in [1.82, 2.24) is 5.32 Å². The van der Waals surface area contributed by atoms with Crippen LogP contribution in [0.5, 0.6) is 5.75 Å². The second-order valence-electron chi connectivity index (χ2n) is 5.18. The van der Waals surface area contributed by atoms with Crippen LogP contribution in [0.4, 0.5) is 0 Å². The molecule has 0 saturated carbocycles. The Morgan fingerprint density at radius 1 is 1.24 bits per heavy atom. The number of hydrogen-bond donors (Lipinski definition) is 1. The van der Waals surface area contributed by atoms with Crippen LogP contribution in [0.3, 0.4) is 0 Å². The van der Waals surface area contributed by atoms with Gasteiger partial charge in [-0.25, -0.2) is 0 Å². The normalized spacial score (nSPS) is 12.3. The smallest absolute Gasteiger partial charge is 0.119 e. The summed E-state index contributed by atoms with van der Waals surface area (Å²) in [5.41, 5.74) is 2.76. The zero-order chi connectivity index (χ0) is 14.9. The quantitative estimate of drug-likeness (QED) is 0.717. The molecular weight excluding hydrogens is 278 g/mol. The van der Waals surface area contributed by atoms with Crippen molar-refractivity contribution in [3.63, 3.8) is 0 Å². The molecule has 1 N–H and O–H groups in total. The molecule has 1 aromatic carbocycles. The van der Waals surface area contributed by atoms with Crippen molar-refractivity contribution in [2.75, 3.05) is 13.2 Å². The minimum Gasteiger partial charge on any atom is -0.494 e. The molecule has 0 radical (unpaired) electrons. The first kappa shape index (κ1) is 16.1. The maximum atomic E-state index is 5.63. The van der Waals surface area contributed by atoms with Gasteiger partial charge >= 0.3 is 0 Å². The van der Waals surface area contributed by atoms with Gasteiger partial charge in [-0.1, -0.05) is 19.1 Å². The Labute approximate surface area is 132 Å². The lowest BCUT2D eigenvalue weighted by Gasteiger charge is -2.19. The molecule has 3 heteroatoms. The fourth-order valence-electron chi connectivity index (χ4n) is 2.44. The molecule has 0 aliphatic heterocycles. The van der Waals surface area contributed by atoms with E-state index in [0.717, 1.165) is 31.6 Å². The zero-order valence-corrected chi connectivity index (χ0v) is 13.8. The first-order valence-corrected chi connectivity index (χ1v) is 8.75. The minimum atomic E-state index is 0.394. The average molecular weight is 303 g/mol. The van der Waals surface area contributed by atoms with E-state index in [1.54, 1.807) is 11.3 Å². The summed E-state index contributed by atoms with van der Waals surface area (Å²) in [5, 5.41) is 8.06. The van der Waals surface area contributed by atoms with Crippen molar-refractivity contribution in [2.45, 2.75) is 39.2 Å². The van der Waals surface area contributed by atoms with E-state index in [4.69, 9.17) is 4.74 Å². The molecule has 0 aliphatic rings. The Bertz CT molecular complexity index is 510. The third kappa shape index (κ3) is 5.18. The number of thiophene rings is 1. The average Bonchev–Trinajstić information content (AvgIpc) is 3.01. The molecule has 114 valence electrons. The fraction of sp³-hybridized carbons (Fsp3) is 0.444. The van der Waals surface area contributed by atoms with Gasteiger partial charge in [0.25, 0.3) is 0 Å². The Kier molecular flexibility index (Phi) is 6.77. The van der Waals surface area contributed by atoms with Gasteiger partial charge in [0.05, 0.1) is 6.61 Å². The number of benzene rings is 1. The van der Waals surface area contributed by atoms with Gasteiger partial charge < -0.3 is 10.1 Å². The Morgan fingerprint density at radius 2 is 2.14 bits per heavy atom. The Hall–Kier alpha value is -1.32. The van der Waals surface area contributed by atoms with E-state index in [1.807, 2.05) is 13.0 Å². The summed E-state index contributed by atoms with van der Waals surface area (Å²) >= 11 is 1.77. The van der Waals surface area contributed by atoms with Crippen LogP contribution in [0.25, 0.3) is 0 Å². The maximum absolute atomic E-state index is 5.63. The standard InChI is InChI=1S/C18H25NOS/c1-3-11-19-18(9-8-15-10-12-21-14-15)16-6-5-7-17(13-16)20-4-2/h5-7,10,12-14,18-19H,3-4,8-9,11H2,1-2H3. The maximum Gasteiger partial charge on any atom is 0.119 e. The van der Waals surface area contributed by atoms with Crippen LogP contribution in [0.15, 0.2) is 41.1 Å². The van der Waals surface area contributed by atoms with Crippen LogP contribution in [0.1, 0.15) is 43.9 Å². The first-order chi connectivity index (χ1) is 10.3. The van der Waals surface area contributed by atoms with Crippen molar-refractivity contribution in [3.05, 3.63) is 52.2 Å². The molecule has 0 aliphatic carbocycles. The highest BCUT2D eigenvalue weighted by molar-refractivity contribution is 7.07. The predicted octanol–water partition coefficient (Wildman–Crippen LogP) is 4.82. The monoisotopic (exact) mass is 303 g/mol. The molecule has 0 amide bonds. The van der Waals surface area contributed by atoms with E-state index < -0.39 is 0 Å². The predicted molar refractivity (Wildman–Crippen MR) is 91.3 cm³/mol. The molecule has 1 heterocycles. The lowest BCUT2D eigenvalue weighted by molar-refractivity contribution is 0.339. The van der Waals surface area contributed by atoms with E-state index in [9.17, 15) is 0 Å². The number of rotatable bonds is 9. The van der Waals surface area contributed by atoms with Crippen molar-refractivity contribution >= 4 is 11.3 Å². The van der Waals surface area contributed by atoms with Crippen LogP contribution in [0.2, 0.25) is 0 Å². The van der Waals surface area contributed by atoms with Gasteiger partial charge in [0.1, 0.15) is 5.75 Å². The summed E-state index contributed by atoms with van der Waals surface area (Å²) < 4.78 is 5.63. The van der Waals surface area contributed by atoms with Crippen molar-refractivity contribution in [3.8, 4) is 5.75 Å². The molecule has 2 rings (SSSR count). The Balaban J connectivity index is 2.04. The molecule has 2 aromatic rings. The van der Waals surface area contributed by atoms with E-state index in [2.05, 4.69) is 47.3 Å². The van der Waals surface area contributed by atoms with Crippen molar-refractivity contribution in [1.29, 1.82) is 0 Å². The Morgan fingerprint density at radius 3 is 2.86 bits per heavy atom. The molecule has 21 heavy (non-hydrogen) atoms. The minimum absolute atomic E-state index is 0.394. The first-order valence-electron chi connectivity index (χ1n) is 7.80. The highest BCUT2D eigenvalue weighted by atomic mass is 32.1. The zero-order valence-electron chi connectivity index (χ0n) is 13.0. The van der Waals surface area contributed by atoms with Gasteiger partial charge in [-0.05, 0) is 72.8 Å². The third-order valence-corrected chi connectivity index (χ3v) is 4.25. The number of nitrogens with one attached hydrogen (secondary N) is 1. The SMILES string of the molecule is CCCNC(CCc1ccsc1)c1cccc(OCC)c1. The van der Waals surface area contributed by atoms with Crippen LogP contribution in [-0.4, -0.2) is 13.2 Å². The van der Waals surface area contributed by atoms with Gasteiger partial charge in [-0.3, -0.25) is 0 Å². The van der Waals surface area contributed by atoms with Gasteiger partial charge in [-0.2, -0.15) is 11.3 Å². The van der Waals surface area contributed by atoms with E-state index >= 15 is 0 Å². The van der Waals surface area contributed by atoms with Gasteiger partial charge in [0, 0.05) is 6.04 Å². The summed E-state index contributed by atoms with van der Waals surface area (Å²) in [4.78, 5) is 0. The molecule has 1 unspecified atom stereocenters. The number of aryl methyl sites for hydroxylation is 1. The van der Waals surface area contributed by atoms with Crippen molar-refractivity contribution < 1.29 is 4.74 Å². The molecule has 0 fully saturated rings. The van der Waals surface area contributed by atoms with E-state index in [0.29, 0.717) is 12.6 Å². The lowest BCUT2D eigenvalue weighted by Crippen LogP contribution is -2.22. The summed E-state index contributed by atoms with van der Waals surface area (Å²) in [7, 11) is 0. The highest BCUT2D eigenvalue weighted by Gasteiger charge is 2.12. The summed E-state index contributed by atoms with van der Waals surface area (Å²) in [5.74, 6) is 0.967. The second kappa shape index (κ2) is 8.85. The van der Waals surface area contributed by atoms with Gasteiger partial charge in [0.2, 0.25) is 0 Å². The van der Waals surface area contributed by atoms with Crippen LogP contribution >= 0.6 is 11.3 Å². The summed E-state index contributed by atoms with van der Waals surface area (Å²) in [6, 6.07) is 11.1. The lowest BCUT2D eigenvalue weighted by atomic mass is 9.99. The molecule has 1 aromatic heterocycles. The second-order valence-corrected chi connectivity index (χ2v) is 5.96. The molecule has 0 saturated heterocycles. The van der Waals surface area contributed by atoms with Crippen LogP contribution in [0, 0.1) is 0 Å². The summed E-state index contributed by atoms with van der Waals surface area (Å²) in [6.45, 7) is 5.99. The van der Waals surface area contributed by atoms with E-state index in [1.165, 1.54) is 11.1 Å². The number of hydrogen-bond acceptors (Lipinski definition) is 3. The molecule has 1 atom stereocenters. The van der Waals surface area contributed by atoms with Crippen LogP contribution < -0.4 is 10.1 Å². The highest BCUT2D eigenvalue weighted by Crippen LogP contribution is 2.24. The molecule has 0 bridgehead atoms. The summed E-state index contributed by atoms with van der Waals surface area (Å²) in [6.07, 6.45) is 3.39.